The number of nitrogens with one attached hydrogen (secondary N) is 1. The van der Waals surface area contributed by atoms with Crippen LogP contribution in [0.4, 0.5) is 0 Å². The lowest BCUT2D eigenvalue weighted by atomic mass is 9.98. The molecule has 0 bridgehead atoms. The molecule has 1 aliphatic heterocycles. The summed E-state index contributed by atoms with van der Waals surface area (Å²) in [6.45, 7) is 2.75. The molecular weight excluding hydrogens is 206 g/mol. The second kappa shape index (κ2) is 5.12. The highest BCUT2D eigenvalue weighted by molar-refractivity contribution is 5.06. The second-order valence-electron chi connectivity index (χ2n) is 4.09. The summed E-state index contributed by atoms with van der Waals surface area (Å²) < 4.78 is 6.52. The maximum Gasteiger partial charge on any atom is 0.266 e. The number of piperidine rings is 1. The van der Waals surface area contributed by atoms with Gasteiger partial charge in [-0.15, -0.1) is 5.10 Å². The van der Waals surface area contributed by atoms with Gasteiger partial charge in [-0.1, -0.05) is 0 Å². The van der Waals surface area contributed by atoms with Gasteiger partial charge in [0.2, 0.25) is 5.88 Å². The van der Waals surface area contributed by atoms with Gasteiger partial charge in [0.25, 0.3) is 5.56 Å². The van der Waals surface area contributed by atoms with E-state index >= 15 is 0 Å². The smallest absolute Gasteiger partial charge is 0.266 e. The van der Waals surface area contributed by atoms with Gasteiger partial charge in [0.1, 0.15) is 0 Å². The Balaban J connectivity index is 2.10. The summed E-state index contributed by atoms with van der Waals surface area (Å²) in [5, 5.41) is 7.45. The van der Waals surface area contributed by atoms with E-state index in [4.69, 9.17) is 4.74 Å². The van der Waals surface area contributed by atoms with Crippen LogP contribution >= 0.6 is 0 Å². The van der Waals surface area contributed by atoms with Gasteiger partial charge in [-0.25, -0.2) is 4.68 Å². The highest BCUT2D eigenvalue weighted by atomic mass is 16.5. The zero-order valence-corrected chi connectivity index (χ0v) is 9.48. The molecule has 1 aliphatic rings. The average molecular weight is 223 g/mol. The normalized spacial score (nSPS) is 17.3. The van der Waals surface area contributed by atoms with E-state index in [9.17, 15) is 4.79 Å². The molecule has 0 aliphatic carbocycles. The van der Waals surface area contributed by atoms with Crippen molar-refractivity contribution >= 4 is 0 Å². The first-order chi connectivity index (χ1) is 7.79. The molecule has 0 spiro atoms. The Morgan fingerprint density at radius 3 is 2.94 bits per heavy atom. The first-order valence-corrected chi connectivity index (χ1v) is 5.62. The predicted molar refractivity (Wildman–Crippen MR) is 60.6 cm³/mol. The quantitative estimate of drug-likeness (QED) is 0.798. The summed E-state index contributed by atoms with van der Waals surface area (Å²) in [4.78, 5) is 11.6. The fraction of sp³-hybridized carbons (Fsp3) is 0.636. The molecule has 0 atom stereocenters. The van der Waals surface area contributed by atoms with E-state index in [1.54, 1.807) is 13.2 Å². The SMILES string of the molecule is COc1ccc(=O)n(CC2CCNCC2)n1. The van der Waals surface area contributed by atoms with Crippen molar-refractivity contribution in [2.45, 2.75) is 19.4 Å². The number of rotatable bonds is 3. The topological polar surface area (TPSA) is 56.1 Å². The molecule has 1 aromatic rings. The Hall–Kier alpha value is -1.36. The van der Waals surface area contributed by atoms with E-state index in [1.807, 2.05) is 0 Å². The van der Waals surface area contributed by atoms with Crippen LogP contribution in [0.2, 0.25) is 0 Å². The molecule has 0 radical (unpaired) electrons. The van der Waals surface area contributed by atoms with Crippen molar-refractivity contribution in [3.8, 4) is 5.88 Å². The van der Waals surface area contributed by atoms with E-state index in [1.165, 1.54) is 10.7 Å². The van der Waals surface area contributed by atoms with Crippen molar-refractivity contribution in [3.05, 3.63) is 22.5 Å². The molecule has 2 heterocycles. The van der Waals surface area contributed by atoms with Crippen LogP contribution in [0.25, 0.3) is 0 Å². The molecule has 5 heteroatoms. The fourth-order valence-corrected chi connectivity index (χ4v) is 1.98. The molecule has 0 aromatic carbocycles. The Morgan fingerprint density at radius 1 is 1.50 bits per heavy atom. The fourth-order valence-electron chi connectivity index (χ4n) is 1.98. The largest absolute Gasteiger partial charge is 0.480 e. The van der Waals surface area contributed by atoms with Gasteiger partial charge in [0, 0.05) is 18.7 Å². The summed E-state index contributed by atoms with van der Waals surface area (Å²) in [6, 6.07) is 3.11. The van der Waals surface area contributed by atoms with E-state index in [0.29, 0.717) is 18.3 Å². The molecule has 16 heavy (non-hydrogen) atoms. The number of nitrogens with zero attached hydrogens (tertiary/aromatic N) is 2. The molecule has 1 N–H and O–H groups in total. The molecule has 1 aromatic heterocycles. The molecule has 0 saturated carbocycles. The monoisotopic (exact) mass is 223 g/mol. The first kappa shape index (κ1) is 11.1. The lowest BCUT2D eigenvalue weighted by Crippen LogP contribution is -2.33. The summed E-state index contributed by atoms with van der Waals surface area (Å²) in [5.74, 6) is 1.03. The van der Waals surface area contributed by atoms with Crippen molar-refractivity contribution < 1.29 is 4.74 Å². The van der Waals surface area contributed by atoms with Crippen LogP contribution in [0, 0.1) is 5.92 Å². The molecule has 2 rings (SSSR count). The maximum absolute atomic E-state index is 11.6. The predicted octanol–water partition coefficient (Wildman–Crippen LogP) is 0.251. The van der Waals surface area contributed by atoms with Gasteiger partial charge < -0.3 is 10.1 Å². The Labute approximate surface area is 94.4 Å². The van der Waals surface area contributed by atoms with E-state index in [-0.39, 0.29) is 5.56 Å². The highest BCUT2D eigenvalue weighted by Crippen LogP contribution is 2.13. The Kier molecular flexibility index (Phi) is 3.56. The van der Waals surface area contributed by atoms with Crippen molar-refractivity contribution in [3.63, 3.8) is 0 Å². The molecule has 0 amide bonds. The van der Waals surface area contributed by atoms with Crippen molar-refractivity contribution in [1.29, 1.82) is 0 Å². The highest BCUT2D eigenvalue weighted by Gasteiger charge is 2.14. The summed E-state index contributed by atoms with van der Waals surface area (Å²) in [7, 11) is 1.56. The van der Waals surface area contributed by atoms with Crippen LogP contribution in [0.3, 0.4) is 0 Å². The van der Waals surface area contributed by atoms with E-state index < -0.39 is 0 Å². The number of hydrogen-bond acceptors (Lipinski definition) is 4. The molecule has 0 unspecified atom stereocenters. The number of hydrogen-bond donors (Lipinski definition) is 1. The Bertz CT molecular complexity index is 396. The second-order valence-corrected chi connectivity index (χ2v) is 4.09. The average Bonchev–Trinajstić information content (AvgIpc) is 2.33. The third kappa shape index (κ3) is 2.61. The molecular formula is C11H17N3O2. The van der Waals surface area contributed by atoms with Crippen LogP contribution in [-0.2, 0) is 6.54 Å². The summed E-state index contributed by atoms with van der Waals surface area (Å²) in [5.41, 5.74) is -0.0562. The number of aromatic nitrogens is 2. The Morgan fingerprint density at radius 2 is 2.25 bits per heavy atom. The zero-order chi connectivity index (χ0) is 11.4. The van der Waals surface area contributed by atoms with Gasteiger partial charge in [0.05, 0.1) is 7.11 Å². The van der Waals surface area contributed by atoms with Crippen LogP contribution < -0.4 is 15.6 Å². The zero-order valence-electron chi connectivity index (χ0n) is 9.48. The maximum atomic E-state index is 11.6. The lowest BCUT2D eigenvalue weighted by Gasteiger charge is -2.22. The first-order valence-electron chi connectivity index (χ1n) is 5.62. The molecule has 5 nitrogen and oxygen atoms in total. The van der Waals surface area contributed by atoms with Gasteiger partial charge in [-0.3, -0.25) is 4.79 Å². The van der Waals surface area contributed by atoms with Crippen LogP contribution in [0.1, 0.15) is 12.8 Å². The minimum Gasteiger partial charge on any atom is -0.480 e. The minimum atomic E-state index is -0.0562. The van der Waals surface area contributed by atoms with E-state index in [0.717, 1.165) is 25.9 Å². The van der Waals surface area contributed by atoms with Gasteiger partial charge >= 0.3 is 0 Å². The number of methoxy groups -OCH3 is 1. The van der Waals surface area contributed by atoms with Crippen molar-refractivity contribution in [2.75, 3.05) is 20.2 Å². The number of ether oxygens (including phenoxy) is 1. The van der Waals surface area contributed by atoms with Crippen molar-refractivity contribution in [2.24, 2.45) is 5.92 Å². The molecule has 1 saturated heterocycles. The molecule has 88 valence electrons. The van der Waals surface area contributed by atoms with E-state index in [2.05, 4.69) is 10.4 Å². The van der Waals surface area contributed by atoms with Gasteiger partial charge in [-0.05, 0) is 31.8 Å². The third-order valence-electron chi connectivity index (χ3n) is 2.94. The van der Waals surface area contributed by atoms with Crippen LogP contribution in [-0.4, -0.2) is 30.0 Å². The third-order valence-corrected chi connectivity index (χ3v) is 2.94. The summed E-state index contributed by atoms with van der Waals surface area (Å²) >= 11 is 0. The van der Waals surface area contributed by atoms with Gasteiger partial charge in [0.15, 0.2) is 0 Å². The van der Waals surface area contributed by atoms with Crippen molar-refractivity contribution in [1.82, 2.24) is 15.1 Å². The van der Waals surface area contributed by atoms with Crippen LogP contribution in [0.5, 0.6) is 5.88 Å². The standard InChI is InChI=1S/C11H17N3O2/c1-16-10-2-3-11(15)14(13-10)8-9-4-6-12-7-5-9/h2-3,9,12H,4-8H2,1H3. The summed E-state index contributed by atoms with van der Waals surface area (Å²) in [6.07, 6.45) is 2.21. The van der Waals surface area contributed by atoms with Gasteiger partial charge in [-0.2, -0.15) is 0 Å². The lowest BCUT2D eigenvalue weighted by molar-refractivity contribution is 0.303. The minimum absolute atomic E-state index is 0.0562. The molecule has 1 fully saturated rings. The van der Waals surface area contributed by atoms with Crippen LogP contribution in [0.15, 0.2) is 16.9 Å².